The molecule has 3 rings (SSSR count). The predicted octanol–water partition coefficient (Wildman–Crippen LogP) is 3.52. The summed E-state index contributed by atoms with van der Waals surface area (Å²) < 4.78 is 3.24. The number of halogens is 1. The monoisotopic (exact) mass is 321 g/mol. The summed E-state index contributed by atoms with van der Waals surface area (Å²) in [6.45, 7) is 0.557. The third-order valence-corrected chi connectivity index (χ3v) is 4.59. The number of benzene rings is 1. The molecule has 3 nitrogen and oxygen atoms in total. The number of aromatic nitrogens is 2. The third-order valence-electron chi connectivity index (χ3n) is 2.97. The summed E-state index contributed by atoms with van der Waals surface area (Å²) in [4.78, 5) is 5.84. The first-order valence-electron chi connectivity index (χ1n) is 5.60. The largest absolute Gasteiger partial charge is 0.326 e. The molecule has 92 valence electrons. The molecule has 2 N–H and O–H groups in total. The van der Waals surface area contributed by atoms with E-state index in [0.29, 0.717) is 6.54 Å². The van der Waals surface area contributed by atoms with Crippen LogP contribution in [0, 0.1) is 0 Å². The summed E-state index contributed by atoms with van der Waals surface area (Å²) in [5, 5.41) is 0. The van der Waals surface area contributed by atoms with E-state index in [9.17, 15) is 0 Å². The van der Waals surface area contributed by atoms with Gasteiger partial charge in [0.2, 0.25) is 0 Å². The second-order valence-corrected chi connectivity index (χ2v) is 6.59. The normalized spacial score (nSPS) is 11.3. The molecule has 18 heavy (non-hydrogen) atoms. The number of hydrogen-bond donors (Lipinski definition) is 1. The summed E-state index contributed by atoms with van der Waals surface area (Å²) in [5.74, 6) is 0.995. The van der Waals surface area contributed by atoms with Crippen LogP contribution >= 0.6 is 27.3 Å². The maximum atomic E-state index is 5.68. The molecule has 2 aromatic heterocycles. The first-order valence-corrected chi connectivity index (χ1v) is 7.21. The van der Waals surface area contributed by atoms with Crippen LogP contribution in [0.1, 0.15) is 5.56 Å². The molecule has 0 amide bonds. The van der Waals surface area contributed by atoms with Gasteiger partial charge < -0.3 is 10.3 Å². The van der Waals surface area contributed by atoms with Crippen LogP contribution < -0.4 is 5.73 Å². The van der Waals surface area contributed by atoms with Crippen molar-refractivity contribution in [3.63, 3.8) is 0 Å². The zero-order chi connectivity index (χ0) is 12.7. The zero-order valence-electron chi connectivity index (χ0n) is 9.85. The molecule has 0 unspecified atom stereocenters. The van der Waals surface area contributed by atoms with Gasteiger partial charge in [-0.05, 0) is 45.8 Å². The molecular weight excluding hydrogens is 310 g/mol. The summed E-state index contributed by atoms with van der Waals surface area (Å²) in [6, 6.07) is 10.3. The number of thiophene rings is 1. The van der Waals surface area contributed by atoms with E-state index in [1.165, 1.54) is 0 Å². The number of hydrogen-bond acceptors (Lipinski definition) is 3. The summed E-state index contributed by atoms with van der Waals surface area (Å²) in [6.07, 6.45) is 0. The predicted molar refractivity (Wildman–Crippen MR) is 79.6 cm³/mol. The Bertz CT molecular complexity index is 714. The number of nitrogens with two attached hydrogens (primary N) is 1. The van der Waals surface area contributed by atoms with E-state index in [2.05, 4.69) is 37.6 Å². The van der Waals surface area contributed by atoms with Gasteiger partial charge in [-0.25, -0.2) is 4.98 Å². The minimum Gasteiger partial charge on any atom is -0.326 e. The maximum Gasteiger partial charge on any atom is 0.151 e. The van der Waals surface area contributed by atoms with E-state index in [1.807, 2.05) is 25.2 Å². The van der Waals surface area contributed by atoms with Crippen molar-refractivity contribution < 1.29 is 0 Å². The summed E-state index contributed by atoms with van der Waals surface area (Å²) in [5.41, 5.74) is 8.94. The average molecular weight is 322 g/mol. The second-order valence-electron chi connectivity index (χ2n) is 4.13. The fourth-order valence-corrected chi connectivity index (χ4v) is 3.43. The molecule has 0 aliphatic carbocycles. The summed E-state index contributed by atoms with van der Waals surface area (Å²) in [7, 11) is 2.04. The molecule has 0 spiro atoms. The van der Waals surface area contributed by atoms with E-state index >= 15 is 0 Å². The molecule has 0 fully saturated rings. The van der Waals surface area contributed by atoms with Gasteiger partial charge in [0.25, 0.3) is 0 Å². The first-order chi connectivity index (χ1) is 8.69. The van der Waals surface area contributed by atoms with Gasteiger partial charge in [-0.3, -0.25) is 0 Å². The Labute approximate surface area is 117 Å². The Morgan fingerprint density at radius 1 is 1.33 bits per heavy atom. The lowest BCUT2D eigenvalue weighted by atomic mass is 10.2. The number of aryl methyl sites for hydroxylation is 1. The van der Waals surface area contributed by atoms with Gasteiger partial charge in [-0.1, -0.05) is 6.07 Å². The first kappa shape index (κ1) is 11.9. The van der Waals surface area contributed by atoms with Crippen LogP contribution in [0.5, 0.6) is 0 Å². The molecule has 0 atom stereocenters. The molecule has 0 aliphatic rings. The molecule has 0 bridgehead atoms. The lowest BCUT2D eigenvalue weighted by Gasteiger charge is -2.00. The molecule has 5 heteroatoms. The molecule has 2 heterocycles. The van der Waals surface area contributed by atoms with Crippen LogP contribution in [0.3, 0.4) is 0 Å². The van der Waals surface area contributed by atoms with Crippen molar-refractivity contribution in [3.05, 3.63) is 39.7 Å². The quantitative estimate of drug-likeness (QED) is 0.784. The molecule has 0 aliphatic heterocycles. The van der Waals surface area contributed by atoms with Crippen LogP contribution in [0.25, 0.3) is 21.7 Å². The van der Waals surface area contributed by atoms with Crippen molar-refractivity contribution in [1.29, 1.82) is 0 Å². The molecule has 3 aromatic rings. The van der Waals surface area contributed by atoms with Crippen molar-refractivity contribution in [2.24, 2.45) is 12.8 Å². The Morgan fingerprint density at radius 2 is 2.17 bits per heavy atom. The van der Waals surface area contributed by atoms with E-state index in [-0.39, 0.29) is 0 Å². The summed E-state index contributed by atoms with van der Waals surface area (Å²) >= 11 is 5.17. The lowest BCUT2D eigenvalue weighted by Crippen LogP contribution is -1.96. The van der Waals surface area contributed by atoms with E-state index in [4.69, 9.17) is 5.73 Å². The van der Waals surface area contributed by atoms with Crippen LogP contribution in [0.4, 0.5) is 0 Å². The topological polar surface area (TPSA) is 43.8 Å². The number of imidazole rings is 1. The van der Waals surface area contributed by atoms with Gasteiger partial charge in [-0.2, -0.15) is 0 Å². The van der Waals surface area contributed by atoms with Crippen molar-refractivity contribution in [3.8, 4) is 10.7 Å². The smallest absolute Gasteiger partial charge is 0.151 e. The van der Waals surface area contributed by atoms with Crippen molar-refractivity contribution in [2.45, 2.75) is 6.54 Å². The minimum absolute atomic E-state index is 0.557. The van der Waals surface area contributed by atoms with Gasteiger partial charge >= 0.3 is 0 Å². The second kappa shape index (κ2) is 4.50. The zero-order valence-corrected chi connectivity index (χ0v) is 12.3. The van der Waals surface area contributed by atoms with Gasteiger partial charge in [0.1, 0.15) is 0 Å². The van der Waals surface area contributed by atoms with Crippen LogP contribution in [-0.4, -0.2) is 9.55 Å². The van der Waals surface area contributed by atoms with E-state index in [0.717, 1.165) is 31.1 Å². The number of nitrogens with zero attached hydrogens (tertiary/aromatic N) is 2. The molecule has 0 radical (unpaired) electrons. The van der Waals surface area contributed by atoms with Gasteiger partial charge in [0, 0.05) is 13.6 Å². The lowest BCUT2D eigenvalue weighted by molar-refractivity contribution is 0.960. The molecule has 1 aromatic carbocycles. The average Bonchev–Trinajstić information content (AvgIpc) is 2.94. The molecule has 0 saturated carbocycles. The van der Waals surface area contributed by atoms with Crippen molar-refractivity contribution in [1.82, 2.24) is 9.55 Å². The highest BCUT2D eigenvalue weighted by atomic mass is 79.9. The SMILES string of the molecule is Cn1c(-c2ccc(Br)s2)nc2ccc(CN)cc21. The van der Waals surface area contributed by atoms with Gasteiger partial charge in [0.15, 0.2) is 5.82 Å². The Kier molecular flexibility index (Phi) is 2.97. The fourth-order valence-electron chi connectivity index (χ4n) is 2.02. The number of rotatable bonds is 2. The third kappa shape index (κ3) is 1.88. The maximum absolute atomic E-state index is 5.68. The van der Waals surface area contributed by atoms with Gasteiger partial charge in [0.05, 0.1) is 19.7 Å². The van der Waals surface area contributed by atoms with Crippen molar-refractivity contribution >= 4 is 38.3 Å². The van der Waals surface area contributed by atoms with Crippen LogP contribution in [-0.2, 0) is 13.6 Å². The number of fused-ring (bicyclic) bond motifs is 1. The fraction of sp³-hybridized carbons (Fsp3) is 0.154. The standard InChI is InChI=1S/C13H12BrN3S/c1-17-10-6-8(7-15)2-3-9(10)16-13(17)11-4-5-12(14)18-11/h2-6H,7,15H2,1H3. The van der Waals surface area contributed by atoms with Crippen LogP contribution in [0.15, 0.2) is 34.1 Å². The van der Waals surface area contributed by atoms with E-state index < -0.39 is 0 Å². The highest BCUT2D eigenvalue weighted by Crippen LogP contribution is 2.32. The van der Waals surface area contributed by atoms with Crippen LogP contribution in [0.2, 0.25) is 0 Å². The molecule has 0 saturated heterocycles. The van der Waals surface area contributed by atoms with Gasteiger partial charge in [-0.15, -0.1) is 11.3 Å². The Hall–Kier alpha value is -1.17. The highest BCUT2D eigenvalue weighted by Gasteiger charge is 2.11. The minimum atomic E-state index is 0.557. The molecular formula is C13H12BrN3S. The van der Waals surface area contributed by atoms with E-state index in [1.54, 1.807) is 11.3 Å². The Balaban J connectivity index is 2.22. The van der Waals surface area contributed by atoms with Crippen molar-refractivity contribution in [2.75, 3.05) is 0 Å². The highest BCUT2D eigenvalue weighted by molar-refractivity contribution is 9.11. The Morgan fingerprint density at radius 3 is 2.83 bits per heavy atom.